The molecule has 148 valence electrons. The molecule has 3 aromatic carbocycles. The highest BCUT2D eigenvalue weighted by molar-refractivity contribution is 7.98. The summed E-state index contributed by atoms with van der Waals surface area (Å²) in [4.78, 5) is 0. The van der Waals surface area contributed by atoms with Gasteiger partial charge in [0.1, 0.15) is 0 Å². The number of hydrogen-bond acceptors (Lipinski definition) is 2. The number of benzene rings is 3. The predicted octanol–water partition coefficient (Wildman–Crippen LogP) is 6.52. The maximum absolute atomic E-state index is 3.81. The highest BCUT2D eigenvalue weighted by Crippen LogP contribution is 2.55. The van der Waals surface area contributed by atoms with E-state index in [0.717, 1.165) is 18.1 Å². The highest BCUT2D eigenvalue weighted by Gasteiger charge is 2.46. The maximum atomic E-state index is 3.81. The van der Waals surface area contributed by atoms with Gasteiger partial charge in [-0.25, -0.2) is 0 Å². The second-order valence-corrected chi connectivity index (χ2v) is 9.60. The summed E-state index contributed by atoms with van der Waals surface area (Å²) in [6.07, 6.45) is 4.96. The van der Waals surface area contributed by atoms with Crippen LogP contribution in [0.1, 0.15) is 46.2 Å². The molecule has 29 heavy (non-hydrogen) atoms. The molecular weight excluding hydrogens is 370 g/mol. The topological polar surface area (TPSA) is 12.0 Å². The van der Waals surface area contributed by atoms with Gasteiger partial charge in [0.05, 0.1) is 0 Å². The third-order valence-electron chi connectivity index (χ3n) is 6.78. The molecule has 1 spiro atoms. The minimum absolute atomic E-state index is 0.233. The molecule has 0 amide bonds. The summed E-state index contributed by atoms with van der Waals surface area (Å²) in [5.74, 6) is 2.22. The molecular formula is C27H29NS. The molecule has 0 unspecified atom stereocenters. The fraction of sp³-hybridized carbons (Fsp3) is 0.333. The van der Waals surface area contributed by atoms with Crippen LogP contribution in [0.3, 0.4) is 0 Å². The molecule has 1 N–H and O–H groups in total. The fourth-order valence-corrected chi connectivity index (χ4v) is 6.43. The van der Waals surface area contributed by atoms with Crippen molar-refractivity contribution in [2.24, 2.45) is 0 Å². The van der Waals surface area contributed by atoms with Gasteiger partial charge in [0.2, 0.25) is 0 Å². The molecule has 1 nitrogen and oxygen atoms in total. The third-order valence-corrected chi connectivity index (χ3v) is 7.81. The molecule has 0 aliphatic heterocycles. The molecule has 0 radical (unpaired) electrons. The first-order valence-electron chi connectivity index (χ1n) is 10.8. The molecule has 0 aromatic heterocycles. The highest BCUT2D eigenvalue weighted by atomic mass is 32.2. The number of aryl methyl sites for hydroxylation is 3. The van der Waals surface area contributed by atoms with E-state index in [2.05, 4.69) is 79.0 Å². The van der Waals surface area contributed by atoms with Gasteiger partial charge in [0.15, 0.2) is 0 Å². The Balaban J connectivity index is 1.34. The van der Waals surface area contributed by atoms with Gasteiger partial charge in [-0.2, -0.15) is 11.8 Å². The summed E-state index contributed by atoms with van der Waals surface area (Å²) in [7, 11) is 0. The molecule has 2 aliphatic carbocycles. The Morgan fingerprint density at radius 2 is 1.55 bits per heavy atom. The second kappa shape index (κ2) is 7.91. The first-order chi connectivity index (χ1) is 14.3. The van der Waals surface area contributed by atoms with Gasteiger partial charge >= 0.3 is 0 Å². The van der Waals surface area contributed by atoms with Crippen LogP contribution in [0, 0.1) is 6.92 Å². The molecule has 0 heterocycles. The smallest absolute Gasteiger partial charge is 0.0384 e. The number of anilines is 1. The van der Waals surface area contributed by atoms with Crippen molar-refractivity contribution < 1.29 is 0 Å². The van der Waals surface area contributed by atoms with E-state index < -0.39 is 0 Å². The van der Waals surface area contributed by atoms with Crippen molar-refractivity contribution in [3.8, 4) is 0 Å². The van der Waals surface area contributed by atoms with Crippen molar-refractivity contribution in [1.82, 2.24) is 0 Å². The number of fused-ring (bicyclic) bond motifs is 4. The van der Waals surface area contributed by atoms with Crippen molar-refractivity contribution in [2.75, 3.05) is 17.6 Å². The van der Waals surface area contributed by atoms with E-state index in [9.17, 15) is 0 Å². The quantitative estimate of drug-likeness (QED) is 0.474. The zero-order chi connectivity index (χ0) is 19.7. The van der Waals surface area contributed by atoms with Crippen LogP contribution in [-0.2, 0) is 24.0 Å². The molecule has 1 atom stereocenters. The minimum Gasteiger partial charge on any atom is -0.384 e. The fourth-order valence-electron chi connectivity index (χ4n) is 5.61. The average molecular weight is 400 g/mol. The molecule has 0 saturated carbocycles. The summed E-state index contributed by atoms with van der Waals surface area (Å²) in [5.41, 5.74) is 10.9. The summed E-state index contributed by atoms with van der Waals surface area (Å²) < 4.78 is 0. The standard InChI is InChI=1S/C27H29NS/c1-20-7-5-10-22-13-15-27(25(20)22)16-14-23-11-6-12-24(26(23)27)28-17-18-29-19-21-8-3-2-4-9-21/h2-12,28H,13-19H2,1H3/t27-/m1/s1. The van der Waals surface area contributed by atoms with Crippen LogP contribution >= 0.6 is 11.8 Å². The lowest BCUT2D eigenvalue weighted by Gasteiger charge is -2.30. The predicted molar refractivity (Wildman–Crippen MR) is 126 cm³/mol. The summed E-state index contributed by atoms with van der Waals surface area (Å²) in [5, 5.41) is 3.81. The van der Waals surface area contributed by atoms with Crippen LogP contribution < -0.4 is 5.32 Å². The lowest BCUT2D eigenvalue weighted by Crippen LogP contribution is -2.24. The summed E-state index contributed by atoms with van der Waals surface area (Å²) in [6.45, 7) is 3.32. The van der Waals surface area contributed by atoms with Gasteiger partial charge in [-0.1, -0.05) is 60.7 Å². The van der Waals surface area contributed by atoms with E-state index >= 15 is 0 Å². The van der Waals surface area contributed by atoms with Crippen molar-refractivity contribution in [3.63, 3.8) is 0 Å². The van der Waals surface area contributed by atoms with Gasteiger partial charge in [0.25, 0.3) is 0 Å². The SMILES string of the molecule is Cc1cccc2c1[C@@]1(CC2)CCc2cccc(NCCSCc3ccccc3)c21. The van der Waals surface area contributed by atoms with Gasteiger partial charge in [-0.05, 0) is 72.1 Å². The van der Waals surface area contributed by atoms with E-state index in [1.165, 1.54) is 42.5 Å². The first kappa shape index (κ1) is 18.8. The van der Waals surface area contributed by atoms with Crippen LogP contribution in [0.4, 0.5) is 5.69 Å². The van der Waals surface area contributed by atoms with Gasteiger partial charge < -0.3 is 5.32 Å². The molecule has 0 saturated heterocycles. The van der Waals surface area contributed by atoms with Crippen LogP contribution in [0.15, 0.2) is 66.7 Å². The van der Waals surface area contributed by atoms with Crippen LogP contribution in [0.2, 0.25) is 0 Å². The zero-order valence-electron chi connectivity index (χ0n) is 17.2. The van der Waals surface area contributed by atoms with E-state index in [1.807, 2.05) is 11.8 Å². The van der Waals surface area contributed by atoms with Gasteiger partial charge in [-0.15, -0.1) is 0 Å². The number of thioether (sulfide) groups is 1. The number of rotatable bonds is 6. The molecule has 5 rings (SSSR count). The van der Waals surface area contributed by atoms with Crippen LogP contribution in [-0.4, -0.2) is 12.3 Å². The Morgan fingerprint density at radius 3 is 2.34 bits per heavy atom. The van der Waals surface area contributed by atoms with E-state index in [1.54, 1.807) is 22.3 Å². The lowest BCUT2D eigenvalue weighted by molar-refractivity contribution is 0.506. The molecule has 0 fully saturated rings. The Bertz CT molecular complexity index is 1010. The largest absolute Gasteiger partial charge is 0.384 e. The van der Waals surface area contributed by atoms with Crippen molar-refractivity contribution in [2.45, 2.75) is 43.8 Å². The van der Waals surface area contributed by atoms with Crippen LogP contribution in [0.25, 0.3) is 0 Å². The molecule has 2 aliphatic rings. The zero-order valence-corrected chi connectivity index (χ0v) is 18.0. The molecule has 2 heteroatoms. The van der Waals surface area contributed by atoms with Gasteiger partial charge in [-0.3, -0.25) is 0 Å². The minimum atomic E-state index is 0.233. The summed E-state index contributed by atoms with van der Waals surface area (Å²) >= 11 is 2.01. The molecule has 3 aromatic rings. The Labute approximate surface area is 178 Å². The van der Waals surface area contributed by atoms with E-state index in [-0.39, 0.29) is 5.41 Å². The van der Waals surface area contributed by atoms with E-state index in [0.29, 0.717) is 0 Å². The summed E-state index contributed by atoms with van der Waals surface area (Å²) in [6, 6.07) is 24.6. The first-order valence-corrected chi connectivity index (χ1v) is 12.0. The van der Waals surface area contributed by atoms with E-state index in [4.69, 9.17) is 0 Å². The van der Waals surface area contributed by atoms with Crippen molar-refractivity contribution in [3.05, 3.63) is 100 Å². The monoisotopic (exact) mass is 399 g/mol. The van der Waals surface area contributed by atoms with Crippen molar-refractivity contribution >= 4 is 17.4 Å². The van der Waals surface area contributed by atoms with Crippen molar-refractivity contribution in [1.29, 1.82) is 0 Å². The Morgan fingerprint density at radius 1 is 0.828 bits per heavy atom. The number of hydrogen-bond donors (Lipinski definition) is 1. The second-order valence-electron chi connectivity index (χ2n) is 8.50. The van der Waals surface area contributed by atoms with Gasteiger partial charge in [0, 0.05) is 29.2 Å². The third kappa shape index (κ3) is 3.38. The number of nitrogens with one attached hydrogen (secondary N) is 1. The maximum Gasteiger partial charge on any atom is 0.0384 e. The Hall–Kier alpha value is -2.19. The average Bonchev–Trinajstić information content (AvgIpc) is 3.32. The normalized spacial score (nSPS) is 19.3. The Kier molecular flexibility index (Phi) is 5.13. The van der Waals surface area contributed by atoms with Crippen LogP contribution in [0.5, 0.6) is 0 Å². The lowest BCUT2D eigenvalue weighted by atomic mass is 9.74. The molecule has 0 bridgehead atoms.